The molecule has 4 nitrogen and oxygen atoms in total. The van der Waals surface area contributed by atoms with Crippen LogP contribution in [0.1, 0.15) is 25.7 Å². The SMILES string of the molecule is O=[C]NCCCCCC(=O)O. The molecule has 0 aromatic rings. The Hall–Kier alpha value is -1.06. The van der Waals surface area contributed by atoms with Crippen LogP contribution in [-0.4, -0.2) is 24.0 Å². The van der Waals surface area contributed by atoms with Crippen molar-refractivity contribution in [1.29, 1.82) is 0 Å². The maximum Gasteiger partial charge on any atom is 0.309 e. The first-order chi connectivity index (χ1) is 5.27. The van der Waals surface area contributed by atoms with E-state index < -0.39 is 5.97 Å². The Morgan fingerprint density at radius 3 is 2.64 bits per heavy atom. The summed E-state index contributed by atoms with van der Waals surface area (Å²) in [5.41, 5.74) is 0. The molecule has 1 amide bonds. The van der Waals surface area contributed by atoms with E-state index in [2.05, 4.69) is 5.32 Å². The number of amides is 1. The van der Waals surface area contributed by atoms with Gasteiger partial charge in [-0.05, 0) is 12.8 Å². The highest BCUT2D eigenvalue weighted by atomic mass is 16.4. The van der Waals surface area contributed by atoms with Crippen molar-refractivity contribution in [2.24, 2.45) is 0 Å². The third-order valence-corrected chi connectivity index (χ3v) is 1.26. The van der Waals surface area contributed by atoms with Crippen LogP contribution in [0.5, 0.6) is 0 Å². The third kappa shape index (κ3) is 8.94. The van der Waals surface area contributed by atoms with Crippen LogP contribution in [0.25, 0.3) is 0 Å². The highest BCUT2D eigenvalue weighted by Crippen LogP contribution is 1.97. The van der Waals surface area contributed by atoms with Crippen molar-refractivity contribution in [3.63, 3.8) is 0 Å². The van der Waals surface area contributed by atoms with Gasteiger partial charge in [-0.25, -0.2) is 0 Å². The molecule has 2 N–H and O–H groups in total. The van der Waals surface area contributed by atoms with E-state index in [1.54, 1.807) is 6.41 Å². The van der Waals surface area contributed by atoms with Crippen molar-refractivity contribution in [3.8, 4) is 0 Å². The smallest absolute Gasteiger partial charge is 0.309 e. The monoisotopic (exact) mass is 158 g/mol. The Balaban J connectivity index is 2.90. The van der Waals surface area contributed by atoms with Gasteiger partial charge in [-0.3, -0.25) is 9.59 Å². The summed E-state index contributed by atoms with van der Waals surface area (Å²) in [6.07, 6.45) is 4.10. The average molecular weight is 158 g/mol. The molecule has 0 aliphatic rings. The second-order valence-corrected chi connectivity index (χ2v) is 2.23. The van der Waals surface area contributed by atoms with Crippen molar-refractivity contribution in [3.05, 3.63) is 0 Å². The zero-order valence-corrected chi connectivity index (χ0v) is 6.30. The average Bonchev–Trinajstić information content (AvgIpc) is 1.96. The molecule has 0 fully saturated rings. The third-order valence-electron chi connectivity index (χ3n) is 1.26. The molecule has 0 heterocycles. The summed E-state index contributed by atoms with van der Waals surface area (Å²) in [5, 5.41) is 10.6. The summed E-state index contributed by atoms with van der Waals surface area (Å²) in [6.45, 7) is 0.586. The van der Waals surface area contributed by atoms with E-state index in [0.717, 1.165) is 12.8 Å². The van der Waals surface area contributed by atoms with Gasteiger partial charge < -0.3 is 10.4 Å². The summed E-state index contributed by atoms with van der Waals surface area (Å²) >= 11 is 0. The number of unbranched alkanes of at least 4 members (excludes halogenated alkanes) is 2. The van der Waals surface area contributed by atoms with E-state index in [-0.39, 0.29) is 6.42 Å². The first kappa shape index (κ1) is 9.94. The second kappa shape index (κ2) is 7.05. The summed E-state index contributed by atoms with van der Waals surface area (Å²) in [4.78, 5) is 19.6. The number of carbonyl (C=O) groups excluding carboxylic acids is 1. The Kier molecular flexibility index (Phi) is 6.37. The maximum atomic E-state index is 10.0. The predicted molar refractivity (Wildman–Crippen MR) is 39.8 cm³/mol. The van der Waals surface area contributed by atoms with E-state index >= 15 is 0 Å². The molecule has 0 aromatic heterocycles. The molecule has 0 rings (SSSR count). The van der Waals surface area contributed by atoms with Crippen molar-refractivity contribution >= 4 is 12.4 Å². The standard InChI is InChI=1S/C7H12NO3/c9-6-8-5-3-1-2-4-7(10)11/h1-5H2,(H,8,9)(H,10,11). The van der Waals surface area contributed by atoms with E-state index in [0.29, 0.717) is 13.0 Å². The van der Waals surface area contributed by atoms with Gasteiger partial charge in [-0.15, -0.1) is 0 Å². The lowest BCUT2D eigenvalue weighted by Crippen LogP contribution is -2.11. The van der Waals surface area contributed by atoms with Crippen LogP contribution in [-0.2, 0) is 9.59 Å². The summed E-state index contributed by atoms with van der Waals surface area (Å²) in [5.74, 6) is -0.764. The molecule has 0 saturated carbocycles. The maximum absolute atomic E-state index is 10.0. The molecule has 11 heavy (non-hydrogen) atoms. The molecule has 0 aliphatic carbocycles. The summed E-state index contributed by atoms with van der Waals surface area (Å²) in [6, 6.07) is 0. The summed E-state index contributed by atoms with van der Waals surface area (Å²) < 4.78 is 0. The van der Waals surface area contributed by atoms with Crippen molar-refractivity contribution in [2.75, 3.05) is 6.54 Å². The minimum atomic E-state index is -0.764. The molecule has 4 heteroatoms. The minimum Gasteiger partial charge on any atom is -0.481 e. The van der Waals surface area contributed by atoms with Gasteiger partial charge in [0.15, 0.2) is 0 Å². The molecule has 0 atom stereocenters. The van der Waals surface area contributed by atoms with E-state index in [1.165, 1.54) is 0 Å². The fourth-order valence-electron chi connectivity index (χ4n) is 0.717. The number of carboxylic acids is 1. The molecule has 0 unspecified atom stereocenters. The van der Waals surface area contributed by atoms with Crippen LogP contribution in [0.3, 0.4) is 0 Å². The lowest BCUT2D eigenvalue weighted by atomic mass is 10.2. The number of nitrogens with one attached hydrogen (secondary N) is 1. The topological polar surface area (TPSA) is 66.4 Å². The van der Waals surface area contributed by atoms with Crippen molar-refractivity contribution in [1.82, 2.24) is 5.32 Å². The number of aliphatic carboxylic acids is 1. The fourth-order valence-corrected chi connectivity index (χ4v) is 0.717. The largest absolute Gasteiger partial charge is 0.481 e. The van der Waals surface area contributed by atoms with Gasteiger partial charge in [-0.2, -0.15) is 0 Å². The van der Waals surface area contributed by atoms with E-state index in [9.17, 15) is 9.59 Å². The zero-order valence-electron chi connectivity index (χ0n) is 6.30. The van der Waals surface area contributed by atoms with Gasteiger partial charge >= 0.3 is 12.4 Å². The van der Waals surface area contributed by atoms with Gasteiger partial charge in [0.2, 0.25) is 0 Å². The van der Waals surface area contributed by atoms with Crippen LogP contribution in [0, 0.1) is 0 Å². The first-order valence-corrected chi connectivity index (χ1v) is 3.59. The summed E-state index contributed by atoms with van der Waals surface area (Å²) in [7, 11) is 0. The lowest BCUT2D eigenvalue weighted by Gasteiger charge is -1.96. The van der Waals surface area contributed by atoms with Gasteiger partial charge in [0.1, 0.15) is 0 Å². The van der Waals surface area contributed by atoms with Gasteiger partial charge in [0.05, 0.1) is 0 Å². The van der Waals surface area contributed by atoms with E-state index in [4.69, 9.17) is 5.11 Å². The van der Waals surface area contributed by atoms with Crippen LogP contribution >= 0.6 is 0 Å². The zero-order chi connectivity index (χ0) is 8.53. The van der Waals surface area contributed by atoms with Crippen molar-refractivity contribution in [2.45, 2.75) is 25.7 Å². The molecule has 0 aliphatic heterocycles. The van der Waals surface area contributed by atoms with Crippen LogP contribution < -0.4 is 5.32 Å². The Morgan fingerprint density at radius 1 is 1.36 bits per heavy atom. The normalized spacial score (nSPS) is 9.09. The highest BCUT2D eigenvalue weighted by molar-refractivity contribution is 5.66. The lowest BCUT2D eigenvalue weighted by molar-refractivity contribution is -0.137. The molecular weight excluding hydrogens is 146 g/mol. The van der Waals surface area contributed by atoms with Crippen LogP contribution in [0.4, 0.5) is 0 Å². The molecule has 0 aromatic carbocycles. The molecule has 0 saturated heterocycles. The number of hydrogen-bond acceptors (Lipinski definition) is 2. The van der Waals surface area contributed by atoms with E-state index in [1.807, 2.05) is 0 Å². The highest BCUT2D eigenvalue weighted by Gasteiger charge is 1.95. The van der Waals surface area contributed by atoms with Crippen LogP contribution in [0.2, 0.25) is 0 Å². The molecule has 63 valence electrons. The van der Waals surface area contributed by atoms with Crippen LogP contribution in [0.15, 0.2) is 0 Å². The number of carboxylic acid groups (broad SMARTS) is 1. The molecular formula is C7H12NO3. The van der Waals surface area contributed by atoms with Gasteiger partial charge in [0.25, 0.3) is 0 Å². The Labute approximate surface area is 65.6 Å². The number of rotatable bonds is 7. The minimum absolute atomic E-state index is 0.213. The molecule has 0 bridgehead atoms. The number of carbonyl (C=O) groups is 1. The predicted octanol–water partition coefficient (Wildman–Crippen LogP) is 0.288. The Bertz CT molecular complexity index is 125. The van der Waals surface area contributed by atoms with Crippen molar-refractivity contribution < 1.29 is 14.7 Å². The Morgan fingerprint density at radius 2 is 2.09 bits per heavy atom. The van der Waals surface area contributed by atoms with Gasteiger partial charge in [0, 0.05) is 13.0 Å². The number of hydrogen-bond donors (Lipinski definition) is 2. The quantitative estimate of drug-likeness (QED) is 0.413. The fraction of sp³-hybridized carbons (Fsp3) is 0.714. The first-order valence-electron chi connectivity index (χ1n) is 3.59. The van der Waals surface area contributed by atoms with Gasteiger partial charge in [-0.1, -0.05) is 6.42 Å². The molecule has 1 radical (unpaired) electrons. The second-order valence-electron chi connectivity index (χ2n) is 2.23. The molecule has 0 spiro atoms.